The van der Waals surface area contributed by atoms with E-state index in [1.807, 2.05) is 18.2 Å². The van der Waals surface area contributed by atoms with E-state index in [0.717, 1.165) is 30.2 Å². The molecule has 1 aliphatic rings. The number of nitrogen functional groups attached to an aromatic ring is 1. The van der Waals surface area contributed by atoms with E-state index in [1.54, 1.807) is 7.11 Å². The number of methoxy groups -OCH3 is 1. The topological polar surface area (TPSA) is 41.7 Å². The van der Waals surface area contributed by atoms with Crippen LogP contribution in [0, 0.1) is 0 Å². The Labute approximate surface area is 109 Å². The van der Waals surface area contributed by atoms with Crippen molar-refractivity contribution in [3.05, 3.63) is 18.2 Å². The molecule has 1 heterocycles. The number of nitrogens with two attached hydrogens (primary N) is 1. The summed E-state index contributed by atoms with van der Waals surface area (Å²) in [7, 11) is 3.79. The lowest BCUT2D eigenvalue weighted by molar-refractivity contribution is 0.346. The summed E-state index contributed by atoms with van der Waals surface area (Å²) in [5, 5.41) is 0. The molecule has 0 amide bonds. The van der Waals surface area contributed by atoms with Gasteiger partial charge in [0, 0.05) is 31.9 Å². The van der Waals surface area contributed by atoms with Crippen molar-refractivity contribution >= 4 is 11.4 Å². The minimum absolute atomic E-state index is 0.739. The highest BCUT2D eigenvalue weighted by Crippen LogP contribution is 2.29. The number of anilines is 2. The van der Waals surface area contributed by atoms with Gasteiger partial charge in [0.2, 0.25) is 0 Å². The van der Waals surface area contributed by atoms with Crippen molar-refractivity contribution in [2.45, 2.75) is 12.8 Å². The Morgan fingerprint density at radius 3 is 2.72 bits per heavy atom. The number of rotatable bonds is 5. The SMILES string of the molecule is COc1cc(N)ccc1N(C)CCN1CCCC1. The molecule has 1 aromatic rings. The third-order valence-corrected chi connectivity index (χ3v) is 3.57. The van der Waals surface area contributed by atoms with Gasteiger partial charge in [-0.15, -0.1) is 0 Å². The van der Waals surface area contributed by atoms with E-state index in [9.17, 15) is 0 Å². The first kappa shape index (κ1) is 13.0. The molecule has 4 nitrogen and oxygen atoms in total. The third-order valence-electron chi connectivity index (χ3n) is 3.57. The molecule has 1 aliphatic heterocycles. The summed E-state index contributed by atoms with van der Waals surface area (Å²) in [4.78, 5) is 4.75. The summed E-state index contributed by atoms with van der Waals surface area (Å²) >= 11 is 0. The van der Waals surface area contributed by atoms with Gasteiger partial charge in [-0.2, -0.15) is 0 Å². The van der Waals surface area contributed by atoms with E-state index in [-0.39, 0.29) is 0 Å². The van der Waals surface area contributed by atoms with Gasteiger partial charge in [0.1, 0.15) is 5.75 Å². The summed E-state index contributed by atoms with van der Waals surface area (Å²) in [6.45, 7) is 4.61. The van der Waals surface area contributed by atoms with Crippen molar-refractivity contribution in [1.29, 1.82) is 0 Å². The maximum Gasteiger partial charge on any atom is 0.144 e. The van der Waals surface area contributed by atoms with Gasteiger partial charge in [-0.25, -0.2) is 0 Å². The maximum absolute atomic E-state index is 5.77. The molecule has 1 fully saturated rings. The highest BCUT2D eigenvalue weighted by molar-refractivity contribution is 5.63. The van der Waals surface area contributed by atoms with Gasteiger partial charge < -0.3 is 20.3 Å². The van der Waals surface area contributed by atoms with Crippen molar-refractivity contribution in [1.82, 2.24) is 4.90 Å². The van der Waals surface area contributed by atoms with E-state index in [4.69, 9.17) is 10.5 Å². The van der Waals surface area contributed by atoms with Crippen LogP contribution in [0.3, 0.4) is 0 Å². The second-order valence-electron chi connectivity index (χ2n) is 4.90. The molecular formula is C14H23N3O. The molecule has 0 radical (unpaired) electrons. The van der Waals surface area contributed by atoms with E-state index in [1.165, 1.54) is 25.9 Å². The zero-order valence-electron chi connectivity index (χ0n) is 11.4. The highest BCUT2D eigenvalue weighted by atomic mass is 16.5. The van der Waals surface area contributed by atoms with Gasteiger partial charge in [0.05, 0.1) is 12.8 Å². The molecule has 1 aromatic carbocycles. The first-order chi connectivity index (χ1) is 8.70. The first-order valence-corrected chi connectivity index (χ1v) is 6.57. The normalized spacial score (nSPS) is 15.9. The Hall–Kier alpha value is -1.42. The number of likely N-dealkylation sites (N-methyl/N-ethyl adjacent to an activating group) is 1. The van der Waals surface area contributed by atoms with Crippen LogP contribution < -0.4 is 15.4 Å². The van der Waals surface area contributed by atoms with Gasteiger partial charge >= 0.3 is 0 Å². The molecule has 0 bridgehead atoms. The lowest BCUT2D eigenvalue weighted by Crippen LogP contribution is -2.31. The Balaban J connectivity index is 1.96. The number of ether oxygens (including phenoxy) is 1. The molecule has 0 saturated carbocycles. The predicted molar refractivity (Wildman–Crippen MR) is 76.4 cm³/mol. The van der Waals surface area contributed by atoms with Gasteiger partial charge in [-0.3, -0.25) is 0 Å². The molecule has 18 heavy (non-hydrogen) atoms. The van der Waals surface area contributed by atoms with Crippen LogP contribution in [0.4, 0.5) is 11.4 Å². The molecule has 0 unspecified atom stereocenters. The number of hydrogen-bond acceptors (Lipinski definition) is 4. The molecule has 0 atom stereocenters. The first-order valence-electron chi connectivity index (χ1n) is 6.57. The van der Waals surface area contributed by atoms with Crippen molar-refractivity contribution in [2.75, 3.05) is 51.0 Å². The Morgan fingerprint density at radius 2 is 2.06 bits per heavy atom. The summed E-state index contributed by atoms with van der Waals surface area (Å²) in [6.07, 6.45) is 2.68. The summed E-state index contributed by atoms with van der Waals surface area (Å²) in [5.74, 6) is 0.846. The largest absolute Gasteiger partial charge is 0.495 e. The fraction of sp³-hybridized carbons (Fsp3) is 0.571. The second kappa shape index (κ2) is 5.96. The molecular weight excluding hydrogens is 226 g/mol. The number of hydrogen-bond donors (Lipinski definition) is 1. The number of likely N-dealkylation sites (tertiary alicyclic amines) is 1. The molecule has 0 aromatic heterocycles. The molecule has 1 saturated heterocycles. The molecule has 2 rings (SSSR count). The van der Waals surface area contributed by atoms with Crippen LogP contribution in [-0.4, -0.2) is 45.2 Å². The van der Waals surface area contributed by atoms with E-state index >= 15 is 0 Å². The van der Waals surface area contributed by atoms with E-state index in [0.29, 0.717) is 0 Å². The Morgan fingerprint density at radius 1 is 1.33 bits per heavy atom. The number of nitrogens with zero attached hydrogens (tertiary/aromatic N) is 2. The standard InChI is InChI=1S/C14H23N3O/c1-16(9-10-17-7-3-4-8-17)13-6-5-12(15)11-14(13)18-2/h5-6,11H,3-4,7-10,15H2,1-2H3. The summed E-state index contributed by atoms with van der Waals surface area (Å²) in [5.41, 5.74) is 7.61. The molecule has 0 spiro atoms. The van der Waals surface area contributed by atoms with Crippen molar-refractivity contribution < 1.29 is 4.74 Å². The van der Waals surface area contributed by atoms with Crippen molar-refractivity contribution in [3.8, 4) is 5.75 Å². The lowest BCUT2D eigenvalue weighted by Gasteiger charge is -2.24. The average molecular weight is 249 g/mol. The van der Waals surface area contributed by atoms with Crippen LogP contribution in [0.25, 0.3) is 0 Å². The fourth-order valence-electron chi connectivity index (χ4n) is 2.43. The van der Waals surface area contributed by atoms with Crippen LogP contribution >= 0.6 is 0 Å². The summed E-state index contributed by atoms with van der Waals surface area (Å²) in [6, 6.07) is 5.82. The zero-order chi connectivity index (χ0) is 13.0. The van der Waals surface area contributed by atoms with Gasteiger partial charge in [-0.05, 0) is 38.1 Å². The van der Waals surface area contributed by atoms with Crippen LogP contribution in [0.15, 0.2) is 18.2 Å². The second-order valence-corrected chi connectivity index (χ2v) is 4.90. The lowest BCUT2D eigenvalue weighted by atomic mass is 10.2. The fourth-order valence-corrected chi connectivity index (χ4v) is 2.43. The van der Waals surface area contributed by atoms with Crippen molar-refractivity contribution in [2.24, 2.45) is 0 Å². The predicted octanol–water partition coefficient (Wildman–Crippen LogP) is 1.81. The zero-order valence-corrected chi connectivity index (χ0v) is 11.4. The van der Waals surface area contributed by atoms with Crippen LogP contribution in [-0.2, 0) is 0 Å². The summed E-state index contributed by atoms with van der Waals surface area (Å²) < 4.78 is 5.38. The average Bonchev–Trinajstić information content (AvgIpc) is 2.88. The minimum atomic E-state index is 0.739. The maximum atomic E-state index is 5.77. The number of benzene rings is 1. The molecule has 4 heteroatoms. The van der Waals surface area contributed by atoms with Crippen LogP contribution in [0.2, 0.25) is 0 Å². The highest BCUT2D eigenvalue weighted by Gasteiger charge is 2.13. The monoisotopic (exact) mass is 249 g/mol. The van der Waals surface area contributed by atoms with Gasteiger partial charge in [-0.1, -0.05) is 0 Å². The quantitative estimate of drug-likeness (QED) is 0.808. The van der Waals surface area contributed by atoms with E-state index in [2.05, 4.69) is 16.8 Å². The van der Waals surface area contributed by atoms with Gasteiger partial charge in [0.25, 0.3) is 0 Å². The Bertz CT molecular complexity index is 389. The molecule has 2 N–H and O–H groups in total. The van der Waals surface area contributed by atoms with Crippen LogP contribution in [0.1, 0.15) is 12.8 Å². The molecule has 0 aliphatic carbocycles. The smallest absolute Gasteiger partial charge is 0.144 e. The van der Waals surface area contributed by atoms with Gasteiger partial charge in [0.15, 0.2) is 0 Å². The third kappa shape index (κ3) is 3.07. The van der Waals surface area contributed by atoms with E-state index < -0.39 is 0 Å². The van der Waals surface area contributed by atoms with Crippen molar-refractivity contribution in [3.63, 3.8) is 0 Å². The Kier molecular flexibility index (Phi) is 4.31. The molecule has 100 valence electrons. The van der Waals surface area contributed by atoms with Crippen LogP contribution in [0.5, 0.6) is 5.75 Å². The minimum Gasteiger partial charge on any atom is -0.495 e.